The Morgan fingerprint density at radius 3 is 2.20 bits per heavy atom. The number of imide groups is 1. The second-order valence-electron chi connectivity index (χ2n) is 8.26. The van der Waals surface area contributed by atoms with Gasteiger partial charge in [0.1, 0.15) is 0 Å². The summed E-state index contributed by atoms with van der Waals surface area (Å²) in [4.78, 5) is 37.8. The van der Waals surface area contributed by atoms with Crippen molar-refractivity contribution in [3.05, 3.63) is 29.8 Å². The molecule has 0 bridgehead atoms. The second-order valence-corrected chi connectivity index (χ2v) is 8.26. The predicted octanol–water partition coefficient (Wildman–Crippen LogP) is 2.90. The van der Waals surface area contributed by atoms with Gasteiger partial charge in [-0.3, -0.25) is 14.5 Å². The minimum Gasteiger partial charge on any atom is -0.311 e. The molecule has 0 N–H and O–H groups in total. The van der Waals surface area contributed by atoms with Crippen molar-refractivity contribution in [1.82, 2.24) is 0 Å². The highest BCUT2D eigenvalue weighted by molar-refractivity contribution is 6.58. The first-order valence-corrected chi connectivity index (χ1v) is 9.02. The molecule has 1 aliphatic rings. The fourth-order valence-corrected chi connectivity index (χ4v) is 3.43. The van der Waals surface area contributed by atoms with E-state index in [4.69, 9.17) is 0 Å². The maximum absolute atomic E-state index is 12.5. The van der Waals surface area contributed by atoms with Gasteiger partial charge >= 0.3 is 0 Å². The maximum atomic E-state index is 12.5. The zero-order valence-electron chi connectivity index (χ0n) is 16.1. The first-order chi connectivity index (χ1) is 11.5. The summed E-state index contributed by atoms with van der Waals surface area (Å²) in [5, 5.41) is 0. The van der Waals surface area contributed by atoms with Crippen LogP contribution in [0.25, 0.3) is 0 Å². The molecule has 1 saturated heterocycles. The van der Waals surface area contributed by atoms with Crippen LogP contribution in [-0.4, -0.2) is 25.3 Å². The zero-order chi connectivity index (χ0) is 18.9. The van der Waals surface area contributed by atoms with Crippen LogP contribution >= 0.6 is 0 Å². The van der Waals surface area contributed by atoms with Crippen molar-refractivity contribution < 1.29 is 14.4 Å². The van der Waals surface area contributed by atoms with Gasteiger partial charge in [0.25, 0.3) is 0 Å². The van der Waals surface area contributed by atoms with Gasteiger partial charge in [0, 0.05) is 11.8 Å². The van der Waals surface area contributed by atoms with Crippen LogP contribution < -0.4 is 4.90 Å². The molecular formula is C20H28BNO3. The van der Waals surface area contributed by atoms with E-state index >= 15 is 0 Å². The van der Waals surface area contributed by atoms with E-state index in [0.717, 1.165) is 12.0 Å². The van der Waals surface area contributed by atoms with Gasteiger partial charge in [-0.2, -0.15) is 0 Å². The summed E-state index contributed by atoms with van der Waals surface area (Å²) in [6.07, 6.45) is 1.06. The van der Waals surface area contributed by atoms with Crippen LogP contribution in [0.15, 0.2) is 24.3 Å². The summed E-state index contributed by atoms with van der Waals surface area (Å²) in [6.45, 7) is 9.98. The molecular weight excluding hydrogens is 313 g/mol. The largest absolute Gasteiger partial charge is 0.311 e. The Kier molecular flexibility index (Phi) is 5.55. The average molecular weight is 341 g/mol. The molecule has 1 aromatic carbocycles. The first-order valence-electron chi connectivity index (χ1n) is 9.02. The lowest BCUT2D eigenvalue weighted by atomic mass is 9.71. The Balaban J connectivity index is 2.16. The van der Waals surface area contributed by atoms with Gasteiger partial charge in [0.15, 0.2) is 7.85 Å². The fraction of sp³-hybridized carbons (Fsp3) is 0.550. The lowest BCUT2D eigenvalue weighted by Gasteiger charge is -2.26. The van der Waals surface area contributed by atoms with E-state index < -0.39 is 0 Å². The SMILES string of the molecule is BC(=O)C(C)(C)CC(C)c1ccc(N2C(=O)CC(C(C)C)C2=O)cc1. The Hall–Kier alpha value is -1.91. The van der Waals surface area contributed by atoms with Gasteiger partial charge in [0.05, 0.1) is 17.3 Å². The molecule has 134 valence electrons. The third-order valence-electron chi connectivity index (χ3n) is 5.48. The second kappa shape index (κ2) is 7.15. The molecule has 0 saturated carbocycles. The molecule has 0 radical (unpaired) electrons. The van der Waals surface area contributed by atoms with Crippen LogP contribution in [0.3, 0.4) is 0 Å². The summed E-state index contributed by atoms with van der Waals surface area (Å²) in [5.74, 6) is -0.0564. The van der Waals surface area contributed by atoms with Crippen molar-refractivity contribution in [3.8, 4) is 0 Å². The highest BCUT2D eigenvalue weighted by Crippen LogP contribution is 2.34. The molecule has 2 amide bonds. The van der Waals surface area contributed by atoms with Gasteiger partial charge in [0.2, 0.25) is 11.8 Å². The number of amides is 2. The molecule has 25 heavy (non-hydrogen) atoms. The van der Waals surface area contributed by atoms with Gasteiger partial charge in [-0.25, -0.2) is 0 Å². The summed E-state index contributed by atoms with van der Waals surface area (Å²) >= 11 is 0. The highest BCUT2D eigenvalue weighted by atomic mass is 16.2. The van der Waals surface area contributed by atoms with Gasteiger partial charge < -0.3 is 4.79 Å². The molecule has 0 aliphatic carbocycles. The van der Waals surface area contributed by atoms with E-state index in [-0.39, 0.29) is 40.7 Å². The molecule has 2 atom stereocenters. The summed E-state index contributed by atoms with van der Waals surface area (Å²) in [5.41, 5.74) is 1.57. The molecule has 1 aliphatic heterocycles. The lowest BCUT2D eigenvalue weighted by molar-refractivity contribution is -0.123. The van der Waals surface area contributed by atoms with Crippen LogP contribution in [0.1, 0.15) is 58.9 Å². The van der Waals surface area contributed by atoms with Crippen LogP contribution in [0.5, 0.6) is 0 Å². The van der Waals surface area contributed by atoms with Crippen LogP contribution in [-0.2, 0) is 14.4 Å². The average Bonchev–Trinajstić information content (AvgIpc) is 2.82. The quantitative estimate of drug-likeness (QED) is 0.591. The van der Waals surface area contributed by atoms with Gasteiger partial charge in [-0.1, -0.05) is 46.8 Å². The van der Waals surface area contributed by atoms with Crippen molar-refractivity contribution >= 4 is 31.0 Å². The highest BCUT2D eigenvalue weighted by Gasteiger charge is 2.40. The zero-order valence-corrected chi connectivity index (χ0v) is 16.1. The van der Waals surface area contributed by atoms with E-state index in [2.05, 4.69) is 6.92 Å². The van der Waals surface area contributed by atoms with E-state index in [1.165, 1.54) is 4.90 Å². The molecule has 4 nitrogen and oxygen atoms in total. The summed E-state index contributed by atoms with van der Waals surface area (Å²) < 4.78 is 0. The van der Waals surface area contributed by atoms with Gasteiger partial charge in [-0.15, -0.1) is 0 Å². The number of rotatable bonds is 6. The number of hydrogen-bond donors (Lipinski definition) is 0. The minimum absolute atomic E-state index is 0.0986. The molecule has 1 fully saturated rings. The predicted molar refractivity (Wildman–Crippen MR) is 102 cm³/mol. The molecule has 1 aromatic rings. The van der Waals surface area contributed by atoms with Crippen molar-refractivity contribution in [2.75, 3.05) is 4.90 Å². The number of hydrogen-bond acceptors (Lipinski definition) is 3. The van der Waals surface area contributed by atoms with E-state index in [0.29, 0.717) is 12.1 Å². The summed E-state index contributed by atoms with van der Waals surface area (Å²) in [6, 6.07) is 7.59. The number of anilines is 1. The molecule has 2 unspecified atom stereocenters. The van der Waals surface area contributed by atoms with E-state index in [1.807, 2.05) is 52.0 Å². The number of benzene rings is 1. The first kappa shape index (κ1) is 19.4. The number of carbonyl (C=O) groups is 3. The van der Waals surface area contributed by atoms with E-state index in [9.17, 15) is 14.4 Å². The maximum Gasteiger partial charge on any atom is 0.237 e. The van der Waals surface area contributed by atoms with Crippen molar-refractivity contribution in [2.24, 2.45) is 17.3 Å². The number of carbonyl (C=O) groups excluding carboxylic acids is 3. The molecule has 0 spiro atoms. The van der Waals surface area contributed by atoms with Crippen LogP contribution in [0, 0.1) is 17.3 Å². The van der Waals surface area contributed by atoms with Crippen molar-refractivity contribution in [2.45, 2.75) is 53.4 Å². The third-order valence-corrected chi connectivity index (χ3v) is 5.48. The summed E-state index contributed by atoms with van der Waals surface area (Å²) in [7, 11) is 1.63. The Morgan fingerprint density at radius 1 is 1.20 bits per heavy atom. The van der Waals surface area contributed by atoms with Crippen molar-refractivity contribution in [3.63, 3.8) is 0 Å². The monoisotopic (exact) mass is 341 g/mol. The van der Waals surface area contributed by atoms with Crippen molar-refractivity contribution in [1.29, 1.82) is 0 Å². The van der Waals surface area contributed by atoms with E-state index in [1.54, 1.807) is 7.85 Å². The van der Waals surface area contributed by atoms with Crippen LogP contribution in [0.4, 0.5) is 5.69 Å². The normalized spacial score (nSPS) is 19.6. The molecule has 5 heteroatoms. The Morgan fingerprint density at radius 2 is 1.76 bits per heavy atom. The molecule has 0 aromatic heterocycles. The lowest BCUT2D eigenvalue weighted by Crippen LogP contribution is -2.31. The van der Waals surface area contributed by atoms with Crippen LogP contribution in [0.2, 0.25) is 0 Å². The molecule has 2 rings (SSSR count). The molecule has 1 heterocycles. The fourth-order valence-electron chi connectivity index (χ4n) is 3.43. The number of nitrogens with zero attached hydrogens (tertiary/aromatic N) is 1. The smallest absolute Gasteiger partial charge is 0.237 e. The topological polar surface area (TPSA) is 54.5 Å². The minimum atomic E-state index is -0.358. The Labute approximate surface area is 151 Å². The standard InChI is InChI=1S/C20H28BNO3/c1-12(2)16-10-17(23)22(18(16)24)15-8-6-14(7-9-15)13(3)11-20(4,5)19(21)25/h6-9,12-13,16H,10-11,21H2,1-5H3. The Bertz CT molecular complexity index is 679. The third kappa shape index (κ3) is 4.02. The van der Waals surface area contributed by atoms with Gasteiger partial charge in [-0.05, 0) is 36.0 Å².